The van der Waals surface area contributed by atoms with Gasteiger partial charge in [0.2, 0.25) is 10.0 Å². The minimum Gasteiger partial charge on any atom is -0.327 e. The van der Waals surface area contributed by atoms with Crippen molar-refractivity contribution in [3.63, 3.8) is 0 Å². The van der Waals surface area contributed by atoms with E-state index in [1.807, 2.05) is 0 Å². The Balaban J connectivity index is 0.00000242. The quantitative estimate of drug-likeness (QED) is 0.845. The van der Waals surface area contributed by atoms with E-state index in [1.165, 1.54) is 0 Å². The minimum atomic E-state index is -3.40. The molecular weight excluding hydrogens is 322 g/mol. The van der Waals surface area contributed by atoms with E-state index in [2.05, 4.69) is 23.5 Å². The van der Waals surface area contributed by atoms with Crippen LogP contribution in [0.3, 0.4) is 0 Å². The summed E-state index contributed by atoms with van der Waals surface area (Å²) in [6, 6.07) is 8.68. The largest absolute Gasteiger partial charge is 0.327 e. The molecule has 1 aromatic carbocycles. The maximum Gasteiger partial charge on any atom is 0.240 e. The van der Waals surface area contributed by atoms with Crippen molar-refractivity contribution in [3.8, 4) is 0 Å². The zero-order valence-electron chi connectivity index (χ0n) is 13.2. The summed E-state index contributed by atoms with van der Waals surface area (Å²) in [5.74, 6) is 0. The third-order valence-corrected chi connectivity index (χ3v) is 5.64. The van der Waals surface area contributed by atoms with Gasteiger partial charge in [-0.05, 0) is 30.5 Å². The van der Waals surface area contributed by atoms with E-state index in [-0.39, 0.29) is 23.9 Å². The van der Waals surface area contributed by atoms with Crippen LogP contribution in [-0.2, 0) is 10.0 Å². The molecule has 1 unspecified atom stereocenters. The van der Waals surface area contributed by atoms with Crippen LogP contribution in [0, 0.1) is 5.41 Å². The molecule has 1 atom stereocenters. The van der Waals surface area contributed by atoms with Gasteiger partial charge in [-0.1, -0.05) is 32.0 Å². The van der Waals surface area contributed by atoms with Crippen molar-refractivity contribution >= 4 is 22.4 Å². The topological polar surface area (TPSA) is 75.4 Å². The summed E-state index contributed by atoms with van der Waals surface area (Å²) in [6.45, 7) is 7.29. The summed E-state index contributed by atoms with van der Waals surface area (Å²) in [4.78, 5) is 2.59. The zero-order valence-corrected chi connectivity index (χ0v) is 14.8. The molecule has 1 aliphatic rings. The summed E-state index contributed by atoms with van der Waals surface area (Å²) in [5.41, 5.74) is 6.19. The molecule has 2 rings (SSSR count). The second-order valence-electron chi connectivity index (χ2n) is 6.37. The Kier molecular flexibility index (Phi) is 6.83. The Labute approximate surface area is 139 Å². The highest BCUT2D eigenvalue weighted by molar-refractivity contribution is 7.89. The Bertz CT molecular complexity index is 563. The first-order valence-corrected chi connectivity index (χ1v) is 8.82. The SMILES string of the molecule is CC1(C)CN(CCNS(=O)(=O)c2ccccc2)CCC1N.Cl. The lowest BCUT2D eigenvalue weighted by Gasteiger charge is -2.42. The molecule has 0 amide bonds. The highest BCUT2D eigenvalue weighted by Crippen LogP contribution is 2.27. The molecular formula is C15H26ClN3O2S. The molecule has 5 nitrogen and oxygen atoms in total. The molecule has 0 aromatic heterocycles. The number of sulfonamides is 1. The summed E-state index contributed by atoms with van der Waals surface area (Å²) in [6.07, 6.45) is 0.957. The molecule has 1 aliphatic heterocycles. The smallest absolute Gasteiger partial charge is 0.240 e. The highest BCUT2D eigenvalue weighted by atomic mass is 35.5. The fourth-order valence-electron chi connectivity index (χ4n) is 2.70. The number of nitrogens with zero attached hydrogens (tertiary/aromatic N) is 1. The van der Waals surface area contributed by atoms with Gasteiger partial charge in [0.15, 0.2) is 0 Å². The molecule has 0 bridgehead atoms. The molecule has 1 aromatic rings. The third kappa shape index (κ3) is 4.93. The van der Waals surface area contributed by atoms with Gasteiger partial charge >= 0.3 is 0 Å². The molecule has 126 valence electrons. The number of rotatable bonds is 5. The van der Waals surface area contributed by atoms with E-state index in [9.17, 15) is 8.42 Å². The van der Waals surface area contributed by atoms with Crippen molar-refractivity contribution in [1.82, 2.24) is 9.62 Å². The van der Waals surface area contributed by atoms with Crippen molar-refractivity contribution in [2.45, 2.75) is 31.2 Å². The molecule has 3 N–H and O–H groups in total. The second-order valence-corrected chi connectivity index (χ2v) is 8.14. The number of nitrogens with one attached hydrogen (secondary N) is 1. The van der Waals surface area contributed by atoms with Crippen LogP contribution in [-0.4, -0.2) is 45.5 Å². The first kappa shape index (κ1) is 19.4. The first-order valence-electron chi connectivity index (χ1n) is 7.34. The lowest BCUT2D eigenvalue weighted by Crippen LogP contribution is -2.53. The van der Waals surface area contributed by atoms with E-state index >= 15 is 0 Å². The van der Waals surface area contributed by atoms with Crippen molar-refractivity contribution in [2.75, 3.05) is 26.2 Å². The van der Waals surface area contributed by atoms with Crippen LogP contribution in [0.25, 0.3) is 0 Å². The number of piperidine rings is 1. The van der Waals surface area contributed by atoms with E-state index in [0.29, 0.717) is 18.0 Å². The highest BCUT2D eigenvalue weighted by Gasteiger charge is 2.33. The Morgan fingerprint density at radius 3 is 2.55 bits per heavy atom. The van der Waals surface area contributed by atoms with Gasteiger partial charge in [0.05, 0.1) is 4.90 Å². The Hall–Kier alpha value is -0.660. The predicted octanol–water partition coefficient (Wildman–Crippen LogP) is 1.45. The van der Waals surface area contributed by atoms with Crippen LogP contribution >= 0.6 is 12.4 Å². The lowest BCUT2D eigenvalue weighted by atomic mass is 9.80. The van der Waals surface area contributed by atoms with Crippen LogP contribution < -0.4 is 10.5 Å². The van der Waals surface area contributed by atoms with Crippen molar-refractivity contribution < 1.29 is 8.42 Å². The van der Waals surface area contributed by atoms with Crippen LogP contribution in [0.15, 0.2) is 35.2 Å². The average molecular weight is 348 g/mol. The molecule has 0 spiro atoms. The molecule has 0 aliphatic carbocycles. The molecule has 0 saturated carbocycles. The van der Waals surface area contributed by atoms with Gasteiger partial charge in [-0.25, -0.2) is 13.1 Å². The second kappa shape index (κ2) is 7.75. The Morgan fingerprint density at radius 2 is 1.95 bits per heavy atom. The summed E-state index contributed by atoms with van der Waals surface area (Å²) in [5, 5.41) is 0. The van der Waals surface area contributed by atoms with Crippen LogP contribution in [0.1, 0.15) is 20.3 Å². The van der Waals surface area contributed by atoms with Crippen molar-refractivity contribution in [2.24, 2.45) is 11.1 Å². The molecule has 0 radical (unpaired) electrons. The maximum atomic E-state index is 12.1. The Morgan fingerprint density at radius 1 is 1.32 bits per heavy atom. The number of hydrogen-bond acceptors (Lipinski definition) is 4. The van der Waals surface area contributed by atoms with Gasteiger partial charge in [0, 0.05) is 25.7 Å². The van der Waals surface area contributed by atoms with Crippen molar-refractivity contribution in [3.05, 3.63) is 30.3 Å². The third-order valence-electron chi connectivity index (χ3n) is 4.16. The van der Waals surface area contributed by atoms with E-state index < -0.39 is 10.0 Å². The first-order chi connectivity index (χ1) is 9.81. The number of nitrogens with two attached hydrogens (primary N) is 1. The van der Waals surface area contributed by atoms with Crippen molar-refractivity contribution in [1.29, 1.82) is 0 Å². The molecule has 7 heteroatoms. The zero-order chi connectivity index (χ0) is 15.5. The molecule has 1 fully saturated rings. The summed E-state index contributed by atoms with van der Waals surface area (Å²) in [7, 11) is -3.40. The average Bonchev–Trinajstić information content (AvgIpc) is 2.43. The fourth-order valence-corrected chi connectivity index (χ4v) is 3.74. The van der Waals surface area contributed by atoms with Gasteiger partial charge in [0.1, 0.15) is 0 Å². The van der Waals surface area contributed by atoms with E-state index in [1.54, 1.807) is 30.3 Å². The summed E-state index contributed by atoms with van der Waals surface area (Å²) < 4.78 is 26.9. The van der Waals surface area contributed by atoms with Gasteiger partial charge in [0.25, 0.3) is 0 Å². The van der Waals surface area contributed by atoms with E-state index in [0.717, 1.165) is 19.5 Å². The number of hydrogen-bond donors (Lipinski definition) is 2. The van der Waals surface area contributed by atoms with Gasteiger partial charge in [-0.2, -0.15) is 0 Å². The van der Waals surface area contributed by atoms with Gasteiger partial charge < -0.3 is 10.6 Å². The van der Waals surface area contributed by atoms with Gasteiger partial charge in [-0.3, -0.25) is 0 Å². The number of halogens is 1. The van der Waals surface area contributed by atoms with E-state index in [4.69, 9.17) is 5.73 Å². The lowest BCUT2D eigenvalue weighted by molar-refractivity contribution is 0.0974. The maximum absolute atomic E-state index is 12.1. The van der Waals surface area contributed by atoms with Crippen LogP contribution in [0.5, 0.6) is 0 Å². The minimum absolute atomic E-state index is 0. The van der Waals surface area contributed by atoms with Gasteiger partial charge in [-0.15, -0.1) is 12.4 Å². The van der Waals surface area contributed by atoms with Crippen LogP contribution in [0.2, 0.25) is 0 Å². The molecule has 1 heterocycles. The molecule has 22 heavy (non-hydrogen) atoms. The molecule has 1 saturated heterocycles. The number of likely N-dealkylation sites (tertiary alicyclic amines) is 1. The predicted molar refractivity (Wildman–Crippen MR) is 91.7 cm³/mol. The van der Waals surface area contributed by atoms with Crippen LogP contribution in [0.4, 0.5) is 0 Å². The number of benzene rings is 1. The summed E-state index contributed by atoms with van der Waals surface area (Å²) >= 11 is 0. The fraction of sp³-hybridized carbons (Fsp3) is 0.600. The standard InChI is InChI=1S/C15H25N3O2S.ClH/c1-15(2)12-18(10-8-14(15)16)11-9-17-21(19,20)13-6-4-3-5-7-13;/h3-7,14,17H,8-12,16H2,1-2H3;1H. The monoisotopic (exact) mass is 347 g/mol. The normalized spacial score (nSPS) is 22.0.